The van der Waals surface area contributed by atoms with Crippen molar-refractivity contribution >= 4 is 21.7 Å². The summed E-state index contributed by atoms with van der Waals surface area (Å²) in [6, 6.07) is 20.2. The van der Waals surface area contributed by atoms with Crippen molar-refractivity contribution in [1.29, 1.82) is 0 Å². The fourth-order valence-electron chi connectivity index (χ4n) is 3.64. The van der Waals surface area contributed by atoms with Crippen LogP contribution in [0.1, 0.15) is 37.9 Å². The number of furan rings is 1. The highest BCUT2D eigenvalue weighted by atomic mass is 16.5. The average Bonchev–Trinajstić information content (AvgIpc) is 3.10. The topological polar surface area (TPSA) is 42.6 Å². The van der Waals surface area contributed by atoms with Crippen molar-refractivity contribution in [3.8, 4) is 17.1 Å². The van der Waals surface area contributed by atoms with E-state index in [0.717, 1.165) is 63.6 Å². The minimum absolute atomic E-state index is 0.532. The molecule has 3 heteroatoms. The van der Waals surface area contributed by atoms with Crippen molar-refractivity contribution in [3.63, 3.8) is 0 Å². The number of benzene rings is 3. The number of fused-ring (bicyclic) bond motifs is 2. The number of rotatable bonds is 6. The molecular weight excluding hydrogens is 336 g/mol. The summed E-state index contributed by atoms with van der Waals surface area (Å²) in [5, 5.41) is 14.1. The molecule has 0 radical (unpaired) electrons. The van der Waals surface area contributed by atoms with Gasteiger partial charge in [0.15, 0.2) is 0 Å². The summed E-state index contributed by atoms with van der Waals surface area (Å²) in [6.07, 6.45) is 2.24. The first-order valence-corrected chi connectivity index (χ1v) is 9.49. The molecule has 0 saturated heterocycles. The molecule has 0 fully saturated rings. The number of aliphatic hydroxyl groups is 1. The van der Waals surface area contributed by atoms with Gasteiger partial charge in [0.2, 0.25) is 0 Å². The monoisotopic (exact) mass is 360 g/mol. The molecule has 4 rings (SSSR count). The van der Waals surface area contributed by atoms with Gasteiger partial charge in [-0.3, -0.25) is 0 Å². The third-order valence-electron chi connectivity index (χ3n) is 5.11. The maximum atomic E-state index is 10.9. The maximum absolute atomic E-state index is 10.9. The maximum Gasteiger partial charge on any atom is 0.141 e. The Morgan fingerprint density at radius 2 is 1.78 bits per heavy atom. The molecule has 4 aromatic rings. The van der Waals surface area contributed by atoms with Gasteiger partial charge in [0.1, 0.15) is 17.1 Å². The van der Waals surface area contributed by atoms with Gasteiger partial charge in [-0.05, 0) is 41.5 Å². The van der Waals surface area contributed by atoms with Gasteiger partial charge in [0.25, 0.3) is 0 Å². The molecule has 1 atom stereocenters. The lowest BCUT2D eigenvalue weighted by Gasteiger charge is -2.12. The highest BCUT2D eigenvalue weighted by molar-refractivity contribution is 5.92. The minimum atomic E-state index is -0.532. The highest BCUT2D eigenvalue weighted by Crippen LogP contribution is 2.40. The summed E-state index contributed by atoms with van der Waals surface area (Å²) in [7, 11) is 1.67. The first-order chi connectivity index (χ1) is 13.2. The predicted octanol–water partition coefficient (Wildman–Crippen LogP) is 6.49. The molecule has 0 amide bonds. The van der Waals surface area contributed by atoms with Crippen LogP contribution in [0.3, 0.4) is 0 Å². The molecule has 3 nitrogen and oxygen atoms in total. The van der Waals surface area contributed by atoms with Gasteiger partial charge in [-0.2, -0.15) is 0 Å². The fourth-order valence-corrected chi connectivity index (χ4v) is 3.64. The Kier molecular flexibility index (Phi) is 4.87. The van der Waals surface area contributed by atoms with E-state index in [1.165, 1.54) is 0 Å². The fraction of sp³-hybridized carbons (Fsp3) is 0.250. The van der Waals surface area contributed by atoms with E-state index in [1.54, 1.807) is 7.11 Å². The Labute approximate surface area is 159 Å². The second kappa shape index (κ2) is 7.45. The molecule has 0 aliphatic heterocycles. The molecule has 27 heavy (non-hydrogen) atoms. The average molecular weight is 360 g/mol. The SMILES string of the molecule is CCCCC(O)c1c(-c2ccc3cc(OC)ccc3c2)oc2ccccc12. The van der Waals surface area contributed by atoms with Crippen molar-refractivity contribution in [2.24, 2.45) is 0 Å². The van der Waals surface area contributed by atoms with Gasteiger partial charge in [0, 0.05) is 16.5 Å². The summed E-state index contributed by atoms with van der Waals surface area (Å²) in [5.41, 5.74) is 2.69. The number of para-hydroxylation sites is 1. The molecular formula is C24H24O3. The van der Waals surface area contributed by atoms with E-state index < -0.39 is 6.10 Å². The standard InChI is InChI=1S/C24H24O3/c1-3-4-8-21(25)23-20-7-5-6-9-22(20)27-24(23)18-11-10-17-15-19(26-2)13-12-16(17)14-18/h5-7,9-15,21,25H,3-4,8H2,1-2H3. The lowest BCUT2D eigenvalue weighted by atomic mass is 9.96. The third-order valence-corrected chi connectivity index (χ3v) is 5.11. The van der Waals surface area contributed by atoms with E-state index >= 15 is 0 Å². The van der Waals surface area contributed by atoms with Crippen LogP contribution in [0.15, 0.2) is 65.1 Å². The lowest BCUT2D eigenvalue weighted by Crippen LogP contribution is -1.98. The normalized spacial score (nSPS) is 12.6. The van der Waals surface area contributed by atoms with Crippen LogP contribution in [-0.2, 0) is 0 Å². The van der Waals surface area contributed by atoms with Crippen LogP contribution in [0.5, 0.6) is 5.75 Å². The van der Waals surface area contributed by atoms with Crippen molar-refractivity contribution in [3.05, 3.63) is 66.2 Å². The van der Waals surface area contributed by atoms with E-state index in [0.29, 0.717) is 0 Å². The smallest absolute Gasteiger partial charge is 0.141 e. The second-order valence-corrected chi connectivity index (χ2v) is 6.93. The van der Waals surface area contributed by atoms with Crippen molar-refractivity contribution in [2.45, 2.75) is 32.3 Å². The van der Waals surface area contributed by atoms with E-state index in [-0.39, 0.29) is 0 Å². The van der Waals surface area contributed by atoms with Crippen LogP contribution in [0.2, 0.25) is 0 Å². The molecule has 0 aliphatic rings. The van der Waals surface area contributed by atoms with Gasteiger partial charge in [-0.25, -0.2) is 0 Å². The Hall–Kier alpha value is -2.78. The van der Waals surface area contributed by atoms with E-state index in [4.69, 9.17) is 9.15 Å². The summed E-state index contributed by atoms with van der Waals surface area (Å²) in [4.78, 5) is 0. The first kappa shape index (κ1) is 17.6. The summed E-state index contributed by atoms with van der Waals surface area (Å²) >= 11 is 0. The number of ether oxygens (including phenoxy) is 1. The summed E-state index contributed by atoms with van der Waals surface area (Å²) in [6.45, 7) is 2.14. The van der Waals surface area contributed by atoms with Crippen LogP contribution in [-0.4, -0.2) is 12.2 Å². The summed E-state index contributed by atoms with van der Waals surface area (Å²) < 4.78 is 11.5. The van der Waals surface area contributed by atoms with Crippen molar-refractivity contribution in [1.82, 2.24) is 0 Å². The minimum Gasteiger partial charge on any atom is -0.497 e. The molecule has 0 spiro atoms. The Morgan fingerprint density at radius 1 is 1.00 bits per heavy atom. The molecule has 1 N–H and O–H groups in total. The van der Waals surface area contributed by atoms with Gasteiger partial charge < -0.3 is 14.3 Å². The van der Waals surface area contributed by atoms with E-state index in [9.17, 15) is 5.11 Å². The number of hydrogen-bond donors (Lipinski definition) is 1. The number of aliphatic hydroxyl groups excluding tert-OH is 1. The lowest BCUT2D eigenvalue weighted by molar-refractivity contribution is 0.165. The Bertz CT molecular complexity index is 1080. The molecule has 1 unspecified atom stereocenters. The quantitative estimate of drug-likeness (QED) is 0.427. The predicted molar refractivity (Wildman–Crippen MR) is 110 cm³/mol. The largest absolute Gasteiger partial charge is 0.497 e. The number of unbranched alkanes of at least 4 members (excludes halogenated alkanes) is 1. The number of methoxy groups -OCH3 is 1. The van der Waals surface area contributed by atoms with Gasteiger partial charge in [-0.15, -0.1) is 0 Å². The molecule has 138 valence electrons. The Balaban J connectivity index is 1.86. The van der Waals surface area contributed by atoms with Gasteiger partial charge in [-0.1, -0.05) is 56.2 Å². The van der Waals surface area contributed by atoms with Crippen LogP contribution in [0, 0.1) is 0 Å². The Morgan fingerprint density at radius 3 is 2.59 bits per heavy atom. The molecule has 1 aromatic heterocycles. The molecule has 0 saturated carbocycles. The summed E-state index contributed by atoms with van der Waals surface area (Å²) in [5.74, 6) is 1.60. The second-order valence-electron chi connectivity index (χ2n) is 6.93. The highest BCUT2D eigenvalue weighted by Gasteiger charge is 2.22. The van der Waals surface area contributed by atoms with Gasteiger partial charge in [0.05, 0.1) is 13.2 Å². The third kappa shape index (κ3) is 3.31. The van der Waals surface area contributed by atoms with Gasteiger partial charge >= 0.3 is 0 Å². The zero-order valence-electron chi connectivity index (χ0n) is 15.7. The molecule has 0 aliphatic carbocycles. The zero-order chi connectivity index (χ0) is 18.8. The molecule has 1 heterocycles. The van der Waals surface area contributed by atoms with Crippen LogP contribution in [0.25, 0.3) is 33.1 Å². The van der Waals surface area contributed by atoms with E-state index in [2.05, 4.69) is 25.1 Å². The number of hydrogen-bond acceptors (Lipinski definition) is 3. The van der Waals surface area contributed by atoms with Crippen LogP contribution >= 0.6 is 0 Å². The van der Waals surface area contributed by atoms with Crippen molar-refractivity contribution < 1.29 is 14.3 Å². The van der Waals surface area contributed by atoms with Crippen molar-refractivity contribution in [2.75, 3.05) is 7.11 Å². The van der Waals surface area contributed by atoms with E-state index in [1.807, 2.05) is 42.5 Å². The zero-order valence-corrected chi connectivity index (χ0v) is 15.7. The van der Waals surface area contributed by atoms with Crippen LogP contribution < -0.4 is 4.74 Å². The molecule has 3 aromatic carbocycles. The molecule has 0 bridgehead atoms. The van der Waals surface area contributed by atoms with Crippen LogP contribution in [0.4, 0.5) is 0 Å². The first-order valence-electron chi connectivity index (χ1n) is 9.49.